The summed E-state index contributed by atoms with van der Waals surface area (Å²) in [5.41, 5.74) is 0.628. The molecule has 176 valence electrons. The van der Waals surface area contributed by atoms with Crippen LogP contribution in [0.4, 0.5) is 11.4 Å². The molecule has 9 nitrogen and oxygen atoms in total. The Hall–Kier alpha value is -4.08. The SMILES string of the molecule is O=C1[C@@H]2O[C@H](CN1Cc1ccccc1)O[C@@]21C(=O)N(c2ccccc2)[C@@H]1c1ccc([N+](=O)[O-])cc1. The van der Waals surface area contributed by atoms with E-state index in [1.807, 2.05) is 48.5 Å². The van der Waals surface area contributed by atoms with Gasteiger partial charge in [-0.25, -0.2) is 0 Å². The molecule has 9 heteroatoms. The summed E-state index contributed by atoms with van der Waals surface area (Å²) >= 11 is 0. The second-order valence-corrected chi connectivity index (χ2v) is 8.82. The average molecular weight is 471 g/mol. The molecular weight excluding hydrogens is 450 g/mol. The molecule has 3 aliphatic rings. The summed E-state index contributed by atoms with van der Waals surface area (Å²) in [6, 6.07) is 24.0. The minimum atomic E-state index is -1.54. The van der Waals surface area contributed by atoms with E-state index < -0.39 is 29.0 Å². The van der Waals surface area contributed by atoms with Gasteiger partial charge in [0, 0.05) is 24.4 Å². The predicted molar refractivity (Wildman–Crippen MR) is 124 cm³/mol. The van der Waals surface area contributed by atoms with Gasteiger partial charge in [0.25, 0.3) is 17.5 Å². The normalized spacial score (nSPS) is 27.3. The highest BCUT2D eigenvalue weighted by molar-refractivity contribution is 6.12. The number of nitro groups is 1. The summed E-state index contributed by atoms with van der Waals surface area (Å²) in [5, 5.41) is 11.2. The fourth-order valence-corrected chi connectivity index (χ4v) is 5.21. The summed E-state index contributed by atoms with van der Waals surface area (Å²) in [6.07, 6.45) is -1.86. The van der Waals surface area contributed by atoms with E-state index >= 15 is 0 Å². The first-order valence-electron chi connectivity index (χ1n) is 11.3. The Labute approximate surface area is 200 Å². The highest BCUT2D eigenvalue weighted by Crippen LogP contribution is 2.55. The second kappa shape index (κ2) is 8.00. The summed E-state index contributed by atoms with van der Waals surface area (Å²) < 4.78 is 12.2. The first-order valence-corrected chi connectivity index (χ1v) is 11.3. The van der Waals surface area contributed by atoms with Crippen LogP contribution in [-0.2, 0) is 25.6 Å². The highest BCUT2D eigenvalue weighted by Gasteiger charge is 2.75. The molecule has 3 fully saturated rings. The molecule has 2 amide bonds. The Morgan fingerprint density at radius 1 is 0.943 bits per heavy atom. The Kier molecular flexibility index (Phi) is 4.91. The van der Waals surface area contributed by atoms with Gasteiger partial charge in [-0.15, -0.1) is 0 Å². The van der Waals surface area contributed by atoms with E-state index in [2.05, 4.69) is 0 Å². The van der Waals surface area contributed by atoms with Gasteiger partial charge in [-0.2, -0.15) is 0 Å². The van der Waals surface area contributed by atoms with Crippen molar-refractivity contribution < 1.29 is 24.0 Å². The third kappa shape index (κ3) is 3.23. The molecule has 35 heavy (non-hydrogen) atoms. The van der Waals surface area contributed by atoms with Crippen LogP contribution in [0.1, 0.15) is 17.2 Å². The van der Waals surface area contributed by atoms with Gasteiger partial charge < -0.3 is 14.4 Å². The van der Waals surface area contributed by atoms with Gasteiger partial charge in [0.1, 0.15) is 6.04 Å². The number of fused-ring (bicyclic) bond motifs is 3. The lowest BCUT2D eigenvalue weighted by molar-refractivity contribution is -0.384. The molecule has 0 aromatic heterocycles. The minimum Gasteiger partial charge on any atom is -0.334 e. The number of hydrogen-bond acceptors (Lipinski definition) is 6. The number of morpholine rings is 1. The second-order valence-electron chi connectivity index (χ2n) is 8.82. The Balaban J connectivity index is 1.38. The van der Waals surface area contributed by atoms with Gasteiger partial charge >= 0.3 is 0 Å². The van der Waals surface area contributed by atoms with Crippen molar-refractivity contribution in [1.29, 1.82) is 0 Å². The molecule has 0 aliphatic carbocycles. The number of carbonyl (C=O) groups excluding carboxylic acids is 2. The monoisotopic (exact) mass is 471 g/mol. The van der Waals surface area contributed by atoms with Gasteiger partial charge in [-0.05, 0) is 35.4 Å². The maximum atomic E-state index is 13.7. The highest BCUT2D eigenvalue weighted by atomic mass is 16.8. The van der Waals surface area contributed by atoms with Gasteiger partial charge in [0.15, 0.2) is 12.4 Å². The molecule has 3 heterocycles. The fraction of sp³-hybridized carbons (Fsp3) is 0.231. The number of carbonyl (C=O) groups is 2. The molecule has 3 saturated heterocycles. The van der Waals surface area contributed by atoms with Crippen LogP contribution in [0.25, 0.3) is 0 Å². The van der Waals surface area contributed by atoms with Crippen LogP contribution < -0.4 is 4.90 Å². The first kappa shape index (κ1) is 21.5. The Morgan fingerprint density at radius 2 is 1.60 bits per heavy atom. The fourth-order valence-electron chi connectivity index (χ4n) is 5.21. The summed E-state index contributed by atoms with van der Waals surface area (Å²) in [6.45, 7) is 0.589. The van der Waals surface area contributed by atoms with E-state index in [0.29, 0.717) is 17.8 Å². The van der Waals surface area contributed by atoms with Crippen molar-refractivity contribution >= 4 is 23.2 Å². The van der Waals surface area contributed by atoms with Crippen LogP contribution >= 0.6 is 0 Å². The Bertz CT molecular complexity index is 1300. The zero-order chi connectivity index (χ0) is 24.2. The quantitative estimate of drug-likeness (QED) is 0.322. The van der Waals surface area contributed by atoms with Gasteiger partial charge in [-0.1, -0.05) is 48.5 Å². The lowest BCUT2D eigenvalue weighted by atomic mass is 9.73. The number of para-hydroxylation sites is 1. The van der Waals surface area contributed by atoms with Crippen LogP contribution in [0, 0.1) is 10.1 Å². The predicted octanol–water partition coefficient (Wildman–Crippen LogP) is 3.21. The van der Waals surface area contributed by atoms with Gasteiger partial charge in [0.2, 0.25) is 5.60 Å². The van der Waals surface area contributed by atoms with E-state index in [4.69, 9.17) is 9.47 Å². The van der Waals surface area contributed by atoms with Crippen molar-refractivity contribution in [3.63, 3.8) is 0 Å². The molecule has 0 radical (unpaired) electrons. The van der Waals surface area contributed by atoms with E-state index in [-0.39, 0.29) is 24.0 Å². The van der Waals surface area contributed by atoms with Crippen LogP contribution in [0.2, 0.25) is 0 Å². The van der Waals surface area contributed by atoms with E-state index in [0.717, 1.165) is 5.56 Å². The maximum absolute atomic E-state index is 13.7. The van der Waals surface area contributed by atoms with E-state index in [1.165, 1.54) is 12.1 Å². The molecule has 3 aromatic rings. The smallest absolute Gasteiger partial charge is 0.269 e. The van der Waals surface area contributed by atoms with Crippen molar-refractivity contribution in [3.05, 3.63) is 106 Å². The largest absolute Gasteiger partial charge is 0.334 e. The van der Waals surface area contributed by atoms with Crippen molar-refractivity contribution in [2.24, 2.45) is 0 Å². The number of non-ortho nitro benzene ring substituents is 1. The zero-order valence-corrected chi connectivity index (χ0v) is 18.5. The van der Waals surface area contributed by atoms with Crippen molar-refractivity contribution in [2.75, 3.05) is 11.4 Å². The van der Waals surface area contributed by atoms with Crippen molar-refractivity contribution in [3.8, 4) is 0 Å². The van der Waals surface area contributed by atoms with E-state index in [9.17, 15) is 19.7 Å². The lowest BCUT2D eigenvalue weighted by Gasteiger charge is -2.54. The number of benzene rings is 3. The van der Waals surface area contributed by atoms with Crippen molar-refractivity contribution in [1.82, 2.24) is 4.90 Å². The number of rotatable bonds is 5. The molecule has 6 rings (SSSR count). The molecular formula is C26H21N3O6. The number of anilines is 1. The van der Waals surface area contributed by atoms with E-state index in [1.54, 1.807) is 34.1 Å². The third-order valence-corrected chi connectivity index (χ3v) is 6.80. The van der Waals surface area contributed by atoms with Crippen LogP contribution in [0.3, 0.4) is 0 Å². The molecule has 1 spiro atoms. The standard InChI is InChI=1S/C26H21N3O6/c30-24-23-26(35-21(34-23)16-27(24)15-17-7-3-1-4-8-17)22(18-11-13-20(14-12-18)29(32)33)28(25(26)31)19-9-5-2-6-10-19/h1-14,21-23H,15-16H2/t21-,22+,23-,26+/m0/s1. The molecule has 3 aliphatic heterocycles. The zero-order valence-electron chi connectivity index (χ0n) is 18.5. The number of nitrogens with zero attached hydrogens (tertiary/aromatic N) is 3. The summed E-state index contributed by atoms with van der Waals surface area (Å²) in [7, 11) is 0. The molecule has 0 saturated carbocycles. The molecule has 2 bridgehead atoms. The number of hydrogen-bond donors (Lipinski definition) is 0. The maximum Gasteiger partial charge on any atom is 0.269 e. The van der Waals surface area contributed by atoms with Gasteiger partial charge in [0.05, 0.1) is 11.5 Å². The van der Waals surface area contributed by atoms with Crippen LogP contribution in [-0.4, -0.2) is 46.2 Å². The molecule has 0 N–H and O–H groups in total. The average Bonchev–Trinajstić information content (AvgIpc) is 3.23. The number of β-lactam (4-membered cyclic amide) rings is 1. The van der Waals surface area contributed by atoms with Crippen LogP contribution in [0.5, 0.6) is 0 Å². The van der Waals surface area contributed by atoms with Crippen LogP contribution in [0.15, 0.2) is 84.9 Å². The van der Waals surface area contributed by atoms with Gasteiger partial charge in [-0.3, -0.25) is 24.6 Å². The lowest BCUT2D eigenvalue weighted by Crippen LogP contribution is -2.74. The number of ether oxygens (including phenoxy) is 2. The minimum absolute atomic E-state index is 0.0628. The molecule has 3 aromatic carbocycles. The third-order valence-electron chi connectivity index (χ3n) is 6.80. The molecule has 4 atom stereocenters. The summed E-state index contributed by atoms with van der Waals surface area (Å²) in [4.78, 5) is 41.2. The number of amides is 2. The first-order chi connectivity index (χ1) is 17.0. The topological polar surface area (TPSA) is 102 Å². The molecule has 0 unspecified atom stereocenters. The summed E-state index contributed by atoms with van der Waals surface area (Å²) in [5.74, 6) is -0.676. The van der Waals surface area contributed by atoms with Crippen molar-refractivity contribution in [2.45, 2.75) is 30.6 Å². The Morgan fingerprint density at radius 3 is 2.26 bits per heavy atom. The number of nitro benzene ring substituents is 1.